The number of carbonyl (C=O) groups is 2. The highest BCUT2D eigenvalue weighted by atomic mass is 32.2. The van der Waals surface area contributed by atoms with Gasteiger partial charge in [-0.1, -0.05) is 0 Å². The van der Waals surface area contributed by atoms with E-state index in [4.69, 9.17) is 9.52 Å². The van der Waals surface area contributed by atoms with Crippen molar-refractivity contribution in [2.75, 3.05) is 11.5 Å². The Morgan fingerprint density at radius 2 is 2.31 bits per heavy atom. The molecular formula is C10H13NO4S. The molecule has 0 unspecified atom stereocenters. The van der Waals surface area contributed by atoms with Gasteiger partial charge in [-0.05, 0) is 19.1 Å². The smallest absolute Gasteiger partial charge is 0.313 e. The van der Waals surface area contributed by atoms with Gasteiger partial charge in [0.1, 0.15) is 5.76 Å². The molecule has 1 rings (SSSR count). The summed E-state index contributed by atoms with van der Waals surface area (Å²) in [6.07, 6.45) is 1.54. The molecule has 0 aromatic carbocycles. The predicted molar refractivity (Wildman–Crippen MR) is 60.2 cm³/mol. The fourth-order valence-electron chi connectivity index (χ4n) is 1.12. The number of hydrogen-bond acceptors (Lipinski definition) is 4. The number of nitrogens with one attached hydrogen (secondary N) is 1. The van der Waals surface area contributed by atoms with Crippen LogP contribution in [0.2, 0.25) is 0 Å². The van der Waals surface area contributed by atoms with E-state index in [9.17, 15) is 9.59 Å². The molecule has 0 aliphatic carbocycles. The van der Waals surface area contributed by atoms with E-state index in [1.807, 2.05) is 0 Å². The molecule has 0 aliphatic rings. The molecule has 1 aromatic rings. The van der Waals surface area contributed by atoms with Crippen LogP contribution in [0.25, 0.3) is 0 Å². The molecule has 1 heterocycles. The molecule has 0 fully saturated rings. The third kappa shape index (κ3) is 4.39. The molecule has 0 radical (unpaired) electrons. The quantitative estimate of drug-likeness (QED) is 0.786. The molecule has 6 heteroatoms. The lowest BCUT2D eigenvalue weighted by molar-refractivity contribution is -0.133. The maximum atomic E-state index is 11.4. The van der Waals surface area contributed by atoms with E-state index < -0.39 is 5.97 Å². The minimum Gasteiger partial charge on any atom is -0.481 e. The summed E-state index contributed by atoms with van der Waals surface area (Å²) in [5, 5.41) is 11.1. The third-order valence-corrected chi connectivity index (χ3v) is 2.72. The molecule has 1 aromatic heterocycles. The van der Waals surface area contributed by atoms with Crippen molar-refractivity contribution in [2.24, 2.45) is 0 Å². The maximum Gasteiger partial charge on any atom is 0.313 e. The number of carbonyl (C=O) groups excluding carboxylic acids is 1. The van der Waals surface area contributed by atoms with Crippen molar-refractivity contribution in [3.63, 3.8) is 0 Å². The first-order valence-electron chi connectivity index (χ1n) is 4.72. The summed E-state index contributed by atoms with van der Waals surface area (Å²) >= 11 is 1.07. The highest BCUT2D eigenvalue weighted by Crippen LogP contribution is 2.12. The predicted octanol–water partition coefficient (Wildman–Crippen LogP) is 1.27. The van der Waals surface area contributed by atoms with Gasteiger partial charge in [0.25, 0.3) is 0 Å². The Hall–Kier alpha value is -1.43. The van der Waals surface area contributed by atoms with Crippen LogP contribution >= 0.6 is 11.8 Å². The van der Waals surface area contributed by atoms with Gasteiger partial charge in [0, 0.05) is 0 Å². The number of aliphatic carboxylic acids is 1. The second kappa shape index (κ2) is 6.22. The summed E-state index contributed by atoms with van der Waals surface area (Å²) in [6, 6.07) is 3.32. The van der Waals surface area contributed by atoms with Gasteiger partial charge in [-0.2, -0.15) is 0 Å². The number of carboxylic acids is 1. The fraction of sp³-hybridized carbons (Fsp3) is 0.400. The van der Waals surface area contributed by atoms with Crippen LogP contribution in [0.15, 0.2) is 22.8 Å². The number of rotatable bonds is 6. The summed E-state index contributed by atoms with van der Waals surface area (Å²) in [5.74, 6) is -0.372. The van der Waals surface area contributed by atoms with E-state index in [0.29, 0.717) is 5.76 Å². The lowest BCUT2D eigenvalue weighted by atomic mass is 10.2. The minimum atomic E-state index is -0.920. The van der Waals surface area contributed by atoms with Crippen molar-refractivity contribution < 1.29 is 19.1 Å². The second-order valence-electron chi connectivity index (χ2n) is 3.19. The molecule has 0 aliphatic heterocycles. The van der Waals surface area contributed by atoms with Gasteiger partial charge in [0.2, 0.25) is 5.91 Å². The van der Waals surface area contributed by atoms with Gasteiger partial charge >= 0.3 is 5.97 Å². The van der Waals surface area contributed by atoms with E-state index in [2.05, 4.69) is 5.32 Å². The molecule has 88 valence electrons. The molecule has 1 amide bonds. The monoisotopic (exact) mass is 243 g/mol. The molecule has 2 N–H and O–H groups in total. The first-order chi connectivity index (χ1) is 7.59. The van der Waals surface area contributed by atoms with Gasteiger partial charge in [-0.25, -0.2) is 0 Å². The van der Waals surface area contributed by atoms with Crippen LogP contribution in [-0.4, -0.2) is 28.5 Å². The Balaban J connectivity index is 2.26. The van der Waals surface area contributed by atoms with E-state index >= 15 is 0 Å². The number of thioether (sulfide) groups is 1. The summed E-state index contributed by atoms with van der Waals surface area (Å²) in [4.78, 5) is 21.6. The summed E-state index contributed by atoms with van der Waals surface area (Å²) in [5.41, 5.74) is 0. The average molecular weight is 243 g/mol. The molecule has 0 saturated heterocycles. The fourth-order valence-corrected chi connectivity index (χ4v) is 1.67. The van der Waals surface area contributed by atoms with Crippen LogP contribution in [0.1, 0.15) is 18.7 Å². The summed E-state index contributed by atoms with van der Waals surface area (Å²) in [7, 11) is 0. The molecule has 0 saturated carbocycles. The largest absolute Gasteiger partial charge is 0.481 e. The Morgan fingerprint density at radius 1 is 1.56 bits per heavy atom. The molecule has 1 atom stereocenters. The zero-order chi connectivity index (χ0) is 12.0. The van der Waals surface area contributed by atoms with Crippen molar-refractivity contribution in [3.8, 4) is 0 Å². The van der Waals surface area contributed by atoms with Gasteiger partial charge in [0.05, 0.1) is 23.8 Å². The van der Waals surface area contributed by atoms with Gasteiger partial charge in [-0.15, -0.1) is 11.8 Å². The third-order valence-electron chi connectivity index (χ3n) is 1.81. The molecule has 5 nitrogen and oxygen atoms in total. The van der Waals surface area contributed by atoms with E-state index in [1.54, 1.807) is 19.1 Å². The Labute approximate surface area is 97.2 Å². The lowest BCUT2D eigenvalue weighted by Crippen LogP contribution is -2.28. The Kier molecular flexibility index (Phi) is 4.91. The SMILES string of the molecule is C[C@@H](NC(=O)CSCC(=O)O)c1ccco1. The topological polar surface area (TPSA) is 79.5 Å². The van der Waals surface area contributed by atoms with Crippen molar-refractivity contribution in [1.82, 2.24) is 5.32 Å². The van der Waals surface area contributed by atoms with Crippen molar-refractivity contribution in [3.05, 3.63) is 24.2 Å². The second-order valence-corrected chi connectivity index (χ2v) is 4.18. The van der Waals surface area contributed by atoms with Crippen LogP contribution < -0.4 is 5.32 Å². The van der Waals surface area contributed by atoms with Gasteiger partial charge in [-0.3, -0.25) is 9.59 Å². The first kappa shape index (κ1) is 12.6. The van der Waals surface area contributed by atoms with Crippen molar-refractivity contribution in [2.45, 2.75) is 13.0 Å². The van der Waals surface area contributed by atoms with E-state index in [0.717, 1.165) is 11.8 Å². The zero-order valence-corrected chi connectivity index (χ0v) is 9.62. The van der Waals surface area contributed by atoms with Crippen LogP contribution in [0.5, 0.6) is 0 Å². The zero-order valence-electron chi connectivity index (χ0n) is 8.80. The van der Waals surface area contributed by atoms with Crippen molar-refractivity contribution in [1.29, 1.82) is 0 Å². The maximum absolute atomic E-state index is 11.4. The number of amides is 1. The summed E-state index contributed by atoms with van der Waals surface area (Å²) in [6.45, 7) is 1.80. The molecule has 16 heavy (non-hydrogen) atoms. The highest BCUT2D eigenvalue weighted by molar-refractivity contribution is 8.00. The Morgan fingerprint density at radius 3 is 2.88 bits per heavy atom. The number of hydrogen-bond donors (Lipinski definition) is 2. The van der Waals surface area contributed by atoms with E-state index in [1.165, 1.54) is 6.26 Å². The van der Waals surface area contributed by atoms with Crippen LogP contribution in [-0.2, 0) is 9.59 Å². The van der Waals surface area contributed by atoms with Crippen LogP contribution in [0.4, 0.5) is 0 Å². The first-order valence-corrected chi connectivity index (χ1v) is 5.87. The average Bonchev–Trinajstić information content (AvgIpc) is 2.69. The molecular weight excluding hydrogens is 230 g/mol. The number of furan rings is 1. The Bertz CT molecular complexity index is 350. The highest BCUT2D eigenvalue weighted by Gasteiger charge is 2.11. The van der Waals surface area contributed by atoms with Crippen LogP contribution in [0.3, 0.4) is 0 Å². The number of carboxylic acid groups (broad SMARTS) is 1. The molecule has 0 bridgehead atoms. The van der Waals surface area contributed by atoms with Crippen LogP contribution in [0, 0.1) is 0 Å². The van der Waals surface area contributed by atoms with Gasteiger partial charge in [0.15, 0.2) is 0 Å². The summed E-state index contributed by atoms with van der Waals surface area (Å²) < 4.78 is 5.12. The molecule has 0 spiro atoms. The normalized spacial score (nSPS) is 12.1. The van der Waals surface area contributed by atoms with Crippen molar-refractivity contribution >= 4 is 23.6 Å². The van der Waals surface area contributed by atoms with Gasteiger partial charge < -0.3 is 14.8 Å². The standard InChI is InChI=1S/C10H13NO4S/c1-7(8-3-2-4-15-8)11-9(12)5-16-6-10(13)14/h2-4,7H,5-6H2,1H3,(H,11,12)(H,13,14)/t7-/m1/s1. The minimum absolute atomic E-state index is 0.0669. The lowest BCUT2D eigenvalue weighted by Gasteiger charge is -2.10. The van der Waals surface area contributed by atoms with E-state index in [-0.39, 0.29) is 23.5 Å².